The second-order valence-electron chi connectivity index (χ2n) is 5.35. The van der Waals surface area contributed by atoms with E-state index >= 15 is 0 Å². The van der Waals surface area contributed by atoms with Crippen molar-refractivity contribution < 1.29 is 14.3 Å². The summed E-state index contributed by atoms with van der Waals surface area (Å²) in [5.74, 6) is 0.0426. The number of halogens is 1. The lowest BCUT2D eigenvalue weighted by atomic mass is 10.2. The highest BCUT2D eigenvalue weighted by Gasteiger charge is 2.18. The lowest BCUT2D eigenvalue weighted by molar-refractivity contribution is -0.126. The third-order valence-electron chi connectivity index (χ3n) is 3.29. The maximum atomic E-state index is 12.0. The summed E-state index contributed by atoms with van der Waals surface area (Å²) in [6.07, 6.45) is -0.800. The zero-order valence-corrected chi connectivity index (χ0v) is 15.1. The van der Waals surface area contributed by atoms with Gasteiger partial charge in [0.1, 0.15) is 5.75 Å². The Morgan fingerprint density at radius 2 is 1.88 bits per heavy atom. The van der Waals surface area contributed by atoms with Crippen LogP contribution in [0.5, 0.6) is 5.75 Å². The molecule has 0 aliphatic heterocycles. The highest BCUT2D eigenvalue weighted by Crippen LogP contribution is 2.26. The lowest BCUT2D eigenvalue weighted by Gasteiger charge is -2.15. The predicted octanol–water partition coefficient (Wildman–Crippen LogP) is 3.55. The number of nitrogens with one attached hydrogen (secondary N) is 2. The van der Waals surface area contributed by atoms with E-state index in [4.69, 9.17) is 4.74 Å². The summed E-state index contributed by atoms with van der Waals surface area (Å²) in [5.41, 5.74) is 2.03. The van der Waals surface area contributed by atoms with Crippen LogP contribution in [0.25, 0.3) is 0 Å². The number of urea groups is 1. The first-order valence-electron chi connectivity index (χ1n) is 7.51. The quantitative estimate of drug-likeness (QED) is 0.819. The van der Waals surface area contributed by atoms with Crippen LogP contribution in [0, 0.1) is 6.92 Å². The molecule has 0 unspecified atom stereocenters. The third-order valence-corrected chi connectivity index (χ3v) is 3.91. The van der Waals surface area contributed by atoms with Gasteiger partial charge in [0.15, 0.2) is 6.10 Å². The fraction of sp³-hybridized carbons (Fsp3) is 0.222. The van der Waals surface area contributed by atoms with Crippen LogP contribution in [0.15, 0.2) is 53.0 Å². The number of rotatable bonds is 5. The van der Waals surface area contributed by atoms with Gasteiger partial charge in [-0.05, 0) is 53.0 Å². The topological polar surface area (TPSA) is 67.4 Å². The maximum Gasteiger partial charge on any atom is 0.321 e. The van der Waals surface area contributed by atoms with Crippen molar-refractivity contribution >= 4 is 27.9 Å². The van der Waals surface area contributed by atoms with Crippen molar-refractivity contribution in [3.05, 3.63) is 64.1 Å². The van der Waals surface area contributed by atoms with E-state index in [0.29, 0.717) is 12.3 Å². The molecule has 0 aliphatic rings. The number of benzene rings is 2. The van der Waals surface area contributed by atoms with Crippen LogP contribution >= 0.6 is 15.9 Å². The molecule has 2 N–H and O–H groups in total. The number of carbonyl (C=O) groups excluding carboxylic acids is 2. The summed E-state index contributed by atoms with van der Waals surface area (Å²) in [6, 6.07) is 14.5. The summed E-state index contributed by atoms with van der Waals surface area (Å²) < 4.78 is 6.35. The Labute approximate surface area is 149 Å². The van der Waals surface area contributed by atoms with Gasteiger partial charge in [-0.25, -0.2) is 4.79 Å². The number of hydrogen-bond donors (Lipinski definition) is 2. The highest BCUT2D eigenvalue weighted by atomic mass is 79.9. The molecule has 2 rings (SSSR count). The molecular formula is C18H19BrN2O3. The molecule has 24 heavy (non-hydrogen) atoms. The standard InChI is InChI=1S/C18H19BrN2O3/c1-12-8-9-16(15(19)10-12)24-13(2)17(22)21-18(23)20-11-14-6-4-3-5-7-14/h3-10,13H,11H2,1-2H3,(H2,20,21,22,23)/t13-/m1/s1. The summed E-state index contributed by atoms with van der Waals surface area (Å²) in [4.78, 5) is 23.8. The first-order chi connectivity index (χ1) is 11.5. The van der Waals surface area contributed by atoms with Crippen LogP contribution in [0.3, 0.4) is 0 Å². The highest BCUT2D eigenvalue weighted by molar-refractivity contribution is 9.10. The Morgan fingerprint density at radius 1 is 1.17 bits per heavy atom. The smallest absolute Gasteiger partial charge is 0.321 e. The van der Waals surface area contributed by atoms with Crippen LogP contribution in [0.4, 0.5) is 4.79 Å². The average Bonchev–Trinajstić information content (AvgIpc) is 2.56. The third kappa shape index (κ3) is 5.38. The van der Waals surface area contributed by atoms with Crippen LogP contribution in [0.1, 0.15) is 18.1 Å². The van der Waals surface area contributed by atoms with Crippen molar-refractivity contribution in [2.45, 2.75) is 26.5 Å². The van der Waals surface area contributed by atoms with E-state index in [1.54, 1.807) is 13.0 Å². The van der Waals surface area contributed by atoms with Gasteiger partial charge in [-0.3, -0.25) is 10.1 Å². The number of aryl methyl sites for hydroxylation is 1. The molecule has 5 nitrogen and oxygen atoms in total. The summed E-state index contributed by atoms with van der Waals surface area (Å²) in [6.45, 7) is 3.90. The zero-order chi connectivity index (χ0) is 17.5. The predicted molar refractivity (Wildman–Crippen MR) is 95.8 cm³/mol. The van der Waals surface area contributed by atoms with E-state index < -0.39 is 18.0 Å². The second kappa shape index (κ2) is 8.49. The monoisotopic (exact) mass is 390 g/mol. The Bertz CT molecular complexity index is 719. The second-order valence-corrected chi connectivity index (χ2v) is 6.21. The van der Waals surface area contributed by atoms with Gasteiger partial charge in [0.05, 0.1) is 4.47 Å². The van der Waals surface area contributed by atoms with Crippen LogP contribution in [-0.2, 0) is 11.3 Å². The molecule has 0 radical (unpaired) electrons. The van der Waals surface area contributed by atoms with E-state index in [-0.39, 0.29) is 0 Å². The molecule has 0 saturated heterocycles. The van der Waals surface area contributed by atoms with Gasteiger partial charge in [-0.15, -0.1) is 0 Å². The van der Waals surface area contributed by atoms with Gasteiger partial charge in [-0.2, -0.15) is 0 Å². The normalized spacial score (nSPS) is 11.5. The molecule has 2 aromatic carbocycles. The van der Waals surface area contributed by atoms with Crippen molar-refractivity contribution in [2.24, 2.45) is 0 Å². The van der Waals surface area contributed by atoms with Crippen molar-refractivity contribution in [2.75, 3.05) is 0 Å². The number of hydrogen-bond acceptors (Lipinski definition) is 3. The Hall–Kier alpha value is -2.34. The summed E-state index contributed by atoms with van der Waals surface area (Å²) in [7, 11) is 0. The largest absolute Gasteiger partial charge is 0.480 e. The number of imide groups is 1. The average molecular weight is 391 g/mol. The molecule has 0 bridgehead atoms. The molecule has 0 aliphatic carbocycles. The Morgan fingerprint density at radius 3 is 2.54 bits per heavy atom. The minimum Gasteiger partial charge on any atom is -0.480 e. The van der Waals surface area contributed by atoms with Crippen molar-refractivity contribution in [3.8, 4) is 5.75 Å². The van der Waals surface area contributed by atoms with Gasteiger partial charge in [0.25, 0.3) is 5.91 Å². The van der Waals surface area contributed by atoms with E-state index in [1.807, 2.05) is 49.4 Å². The first-order valence-corrected chi connectivity index (χ1v) is 8.30. The van der Waals surface area contributed by atoms with Crippen molar-refractivity contribution in [1.29, 1.82) is 0 Å². The SMILES string of the molecule is Cc1ccc(O[C@H](C)C(=O)NC(=O)NCc2ccccc2)c(Br)c1. The zero-order valence-electron chi connectivity index (χ0n) is 13.5. The maximum absolute atomic E-state index is 12.0. The summed E-state index contributed by atoms with van der Waals surface area (Å²) in [5, 5.41) is 4.90. The van der Waals surface area contributed by atoms with E-state index in [2.05, 4.69) is 26.6 Å². The molecule has 126 valence electrons. The molecule has 0 aromatic heterocycles. The molecular weight excluding hydrogens is 372 g/mol. The fourth-order valence-electron chi connectivity index (χ4n) is 1.98. The summed E-state index contributed by atoms with van der Waals surface area (Å²) >= 11 is 3.39. The molecule has 0 heterocycles. The molecule has 6 heteroatoms. The van der Waals surface area contributed by atoms with Gasteiger partial charge < -0.3 is 10.1 Å². The number of ether oxygens (including phenoxy) is 1. The number of carbonyl (C=O) groups is 2. The van der Waals surface area contributed by atoms with E-state index in [1.165, 1.54) is 0 Å². The van der Waals surface area contributed by atoms with Crippen LogP contribution < -0.4 is 15.4 Å². The van der Waals surface area contributed by atoms with Crippen LogP contribution in [-0.4, -0.2) is 18.0 Å². The van der Waals surface area contributed by atoms with Gasteiger partial charge in [0.2, 0.25) is 0 Å². The number of amides is 3. The molecule has 0 spiro atoms. The van der Waals surface area contributed by atoms with Crippen LogP contribution in [0.2, 0.25) is 0 Å². The molecule has 2 aromatic rings. The van der Waals surface area contributed by atoms with Gasteiger partial charge in [-0.1, -0.05) is 36.4 Å². The molecule has 0 fully saturated rings. The van der Waals surface area contributed by atoms with Gasteiger partial charge >= 0.3 is 6.03 Å². The van der Waals surface area contributed by atoms with Crippen molar-refractivity contribution in [1.82, 2.24) is 10.6 Å². The lowest BCUT2D eigenvalue weighted by Crippen LogP contribution is -2.44. The minimum atomic E-state index is -0.800. The minimum absolute atomic E-state index is 0.346. The van der Waals surface area contributed by atoms with Gasteiger partial charge in [0, 0.05) is 6.54 Å². The molecule has 1 atom stereocenters. The molecule has 0 saturated carbocycles. The Balaban J connectivity index is 1.83. The van der Waals surface area contributed by atoms with Crippen molar-refractivity contribution in [3.63, 3.8) is 0 Å². The molecule has 3 amide bonds. The van der Waals surface area contributed by atoms with E-state index in [0.717, 1.165) is 15.6 Å². The van der Waals surface area contributed by atoms with E-state index in [9.17, 15) is 9.59 Å². The Kier molecular flexibility index (Phi) is 6.37. The fourth-order valence-corrected chi connectivity index (χ4v) is 2.57. The first kappa shape index (κ1) is 18.0.